The zero-order valence-electron chi connectivity index (χ0n) is 26.9. The lowest BCUT2D eigenvalue weighted by molar-refractivity contribution is -0.0557. The van der Waals surface area contributed by atoms with E-state index in [0.717, 1.165) is 31.3 Å². The number of hydrogen-bond acceptors (Lipinski definition) is 8. The van der Waals surface area contributed by atoms with Gasteiger partial charge in [0.05, 0.1) is 11.7 Å². The van der Waals surface area contributed by atoms with Gasteiger partial charge in [0.2, 0.25) is 5.95 Å². The molecule has 2 aliphatic heterocycles. The molecule has 0 saturated carbocycles. The zero-order chi connectivity index (χ0) is 32.2. The number of fused-ring (bicyclic) bond motifs is 2. The van der Waals surface area contributed by atoms with Gasteiger partial charge in [-0.2, -0.15) is 0 Å². The van der Waals surface area contributed by atoms with Crippen LogP contribution in [0.1, 0.15) is 58.5 Å². The molecule has 6 rings (SSSR count). The van der Waals surface area contributed by atoms with Crippen LogP contribution in [0.15, 0.2) is 36.8 Å². The minimum Gasteiger partial charge on any atom is -0.444 e. The van der Waals surface area contributed by atoms with E-state index < -0.39 is 17.2 Å². The smallest absolute Gasteiger partial charge is 0.410 e. The number of likely N-dealkylation sites (tertiary alicyclic amines) is 2. The Morgan fingerprint density at radius 2 is 1.80 bits per heavy atom. The Morgan fingerprint density at radius 3 is 2.49 bits per heavy atom. The molecule has 10 nitrogen and oxygen atoms in total. The Kier molecular flexibility index (Phi) is 7.96. The number of carbonyl (C=O) groups is 1. The number of benzene rings is 1. The van der Waals surface area contributed by atoms with Crippen molar-refractivity contribution in [3.05, 3.63) is 59.8 Å². The first-order valence-electron chi connectivity index (χ1n) is 15.4. The summed E-state index contributed by atoms with van der Waals surface area (Å²) in [6.45, 7) is 14.5. The van der Waals surface area contributed by atoms with E-state index in [-0.39, 0.29) is 29.3 Å². The molecule has 0 bridgehead atoms. The van der Waals surface area contributed by atoms with E-state index in [1.165, 1.54) is 6.07 Å². The molecule has 238 valence electrons. The SMILES string of the molecule is Cc1nc2c(F)cc(-c3cc(N(C)c4ncc(CN5C[C@@H]6CCN(C(=O)OC(C)(C)C)C[C@@H]65)cn4)ncc3F)cc2n1C(C)C. The number of halogens is 2. The number of amides is 1. The molecule has 5 heterocycles. The predicted molar refractivity (Wildman–Crippen MR) is 168 cm³/mol. The van der Waals surface area contributed by atoms with Crippen LogP contribution in [-0.2, 0) is 11.3 Å². The molecule has 0 aliphatic carbocycles. The Hall–Kier alpha value is -4.19. The predicted octanol–water partition coefficient (Wildman–Crippen LogP) is 6.26. The summed E-state index contributed by atoms with van der Waals surface area (Å²) >= 11 is 0. The van der Waals surface area contributed by atoms with E-state index in [1.807, 2.05) is 51.0 Å². The van der Waals surface area contributed by atoms with Crippen LogP contribution in [0.25, 0.3) is 22.2 Å². The first kappa shape index (κ1) is 30.8. The standard InChI is InChI=1S/C33H40F2N8O2/c1-19(2)43-20(3)39-30-25(34)10-23(11-27(30)43)24-12-29(36-15-26(24)35)40(7)31-37-13-21(14-38-31)16-42-17-22-8-9-41(18-28(22)42)32(44)45-33(4,5)6/h10-15,19,22,28H,8-9,16-18H2,1-7H3/t22-,28-/m0/s1. The maximum atomic E-state index is 15.1. The van der Waals surface area contributed by atoms with Crippen LogP contribution in [0, 0.1) is 24.5 Å². The highest BCUT2D eigenvalue weighted by atomic mass is 19.1. The van der Waals surface area contributed by atoms with E-state index in [2.05, 4.69) is 24.8 Å². The maximum Gasteiger partial charge on any atom is 0.410 e. The van der Waals surface area contributed by atoms with Crippen LogP contribution in [-0.4, -0.2) is 78.7 Å². The number of pyridine rings is 1. The van der Waals surface area contributed by atoms with Crippen molar-refractivity contribution in [1.82, 2.24) is 34.3 Å². The number of hydrogen-bond donors (Lipinski definition) is 0. The van der Waals surface area contributed by atoms with Gasteiger partial charge in [0.1, 0.15) is 28.6 Å². The van der Waals surface area contributed by atoms with Crippen LogP contribution in [0.3, 0.4) is 0 Å². The Morgan fingerprint density at radius 1 is 1.07 bits per heavy atom. The summed E-state index contributed by atoms with van der Waals surface area (Å²) in [7, 11) is 1.76. The third-order valence-electron chi connectivity index (χ3n) is 8.63. The quantitative estimate of drug-likeness (QED) is 0.250. The van der Waals surface area contributed by atoms with E-state index in [0.29, 0.717) is 47.7 Å². The minimum absolute atomic E-state index is 0.0610. The normalized spacial score (nSPS) is 18.7. The molecule has 2 fully saturated rings. The average Bonchev–Trinajstić information content (AvgIpc) is 3.31. The fourth-order valence-electron chi connectivity index (χ4n) is 6.43. The zero-order valence-corrected chi connectivity index (χ0v) is 26.9. The lowest BCUT2D eigenvalue weighted by Crippen LogP contribution is -2.64. The minimum atomic E-state index is -0.560. The number of anilines is 2. The lowest BCUT2D eigenvalue weighted by atomic mass is 9.82. The number of aromatic nitrogens is 5. The number of ether oxygens (including phenoxy) is 1. The molecule has 4 aromatic rings. The average molecular weight is 619 g/mol. The van der Waals surface area contributed by atoms with Gasteiger partial charge in [-0.05, 0) is 77.6 Å². The van der Waals surface area contributed by atoms with Crippen molar-refractivity contribution in [2.45, 2.75) is 72.2 Å². The summed E-state index contributed by atoms with van der Waals surface area (Å²) in [6, 6.07) is 5.00. The topological polar surface area (TPSA) is 92.5 Å². The number of piperidine rings is 1. The van der Waals surface area contributed by atoms with Gasteiger partial charge in [0.15, 0.2) is 5.82 Å². The number of carbonyl (C=O) groups excluding carboxylic acids is 1. The molecule has 3 aromatic heterocycles. The Balaban J connectivity index is 1.16. The highest BCUT2D eigenvalue weighted by molar-refractivity contribution is 5.84. The van der Waals surface area contributed by atoms with Gasteiger partial charge in [0.25, 0.3) is 0 Å². The van der Waals surface area contributed by atoms with Crippen LogP contribution in [0.4, 0.5) is 25.3 Å². The molecule has 2 aliphatic rings. The summed E-state index contributed by atoms with van der Waals surface area (Å²) in [5.74, 6) is 1.02. The largest absolute Gasteiger partial charge is 0.444 e. The van der Waals surface area contributed by atoms with Crippen LogP contribution in [0.5, 0.6) is 0 Å². The lowest BCUT2D eigenvalue weighted by Gasteiger charge is -2.53. The number of aryl methyl sites for hydroxylation is 1. The second-order valence-electron chi connectivity index (χ2n) is 13.4. The highest BCUT2D eigenvalue weighted by Crippen LogP contribution is 2.35. The molecular weight excluding hydrogens is 578 g/mol. The first-order valence-corrected chi connectivity index (χ1v) is 15.4. The van der Waals surface area contributed by atoms with Crippen molar-refractivity contribution in [3.8, 4) is 11.1 Å². The molecule has 2 saturated heterocycles. The van der Waals surface area contributed by atoms with Gasteiger partial charge < -0.3 is 14.2 Å². The number of imidazole rings is 1. The van der Waals surface area contributed by atoms with Crippen LogP contribution in [0.2, 0.25) is 0 Å². The highest BCUT2D eigenvalue weighted by Gasteiger charge is 2.44. The van der Waals surface area contributed by atoms with Crippen molar-refractivity contribution >= 4 is 28.9 Å². The van der Waals surface area contributed by atoms with Gasteiger partial charge in [-0.1, -0.05) is 0 Å². The van der Waals surface area contributed by atoms with Crippen molar-refractivity contribution in [1.29, 1.82) is 0 Å². The molecule has 0 spiro atoms. The summed E-state index contributed by atoms with van der Waals surface area (Å²) in [6.07, 6.45) is 5.40. The van der Waals surface area contributed by atoms with Crippen LogP contribution >= 0.6 is 0 Å². The third-order valence-corrected chi connectivity index (χ3v) is 8.63. The fraction of sp³-hybridized carbons (Fsp3) is 0.485. The third kappa shape index (κ3) is 6.07. The Labute approximate surface area is 262 Å². The van der Waals surface area contributed by atoms with Gasteiger partial charge in [0, 0.05) is 68.8 Å². The summed E-state index contributed by atoms with van der Waals surface area (Å²) in [5.41, 5.74) is 1.93. The molecule has 1 amide bonds. The summed E-state index contributed by atoms with van der Waals surface area (Å²) < 4.78 is 37.8. The molecule has 0 radical (unpaired) electrons. The summed E-state index contributed by atoms with van der Waals surface area (Å²) in [5, 5.41) is 0. The van der Waals surface area contributed by atoms with Crippen molar-refractivity contribution in [2.75, 3.05) is 31.6 Å². The number of rotatable bonds is 6. The van der Waals surface area contributed by atoms with Gasteiger partial charge in [-0.15, -0.1) is 0 Å². The van der Waals surface area contributed by atoms with E-state index in [4.69, 9.17) is 4.74 Å². The Bertz CT molecular complexity index is 1730. The van der Waals surface area contributed by atoms with E-state index in [1.54, 1.807) is 36.5 Å². The van der Waals surface area contributed by atoms with Gasteiger partial charge in [-0.3, -0.25) is 9.80 Å². The number of nitrogens with zero attached hydrogens (tertiary/aromatic N) is 8. The second-order valence-corrected chi connectivity index (χ2v) is 13.4. The van der Waals surface area contributed by atoms with E-state index in [9.17, 15) is 4.79 Å². The van der Waals surface area contributed by atoms with Gasteiger partial charge >= 0.3 is 6.09 Å². The van der Waals surface area contributed by atoms with Crippen LogP contribution < -0.4 is 4.90 Å². The van der Waals surface area contributed by atoms with Gasteiger partial charge in [-0.25, -0.2) is 33.5 Å². The first-order chi connectivity index (χ1) is 21.3. The molecule has 12 heteroatoms. The molecule has 0 N–H and O–H groups in total. The van der Waals surface area contributed by atoms with Crippen molar-refractivity contribution in [3.63, 3.8) is 0 Å². The van der Waals surface area contributed by atoms with E-state index >= 15 is 8.78 Å². The molecule has 0 unspecified atom stereocenters. The molecular formula is C33H40F2N8O2. The fourth-order valence-corrected chi connectivity index (χ4v) is 6.43. The maximum absolute atomic E-state index is 15.1. The molecule has 1 aromatic carbocycles. The van der Waals surface area contributed by atoms with Crippen molar-refractivity contribution in [2.24, 2.45) is 5.92 Å². The molecule has 45 heavy (non-hydrogen) atoms. The molecule has 2 atom stereocenters. The summed E-state index contributed by atoms with van der Waals surface area (Å²) in [4.78, 5) is 36.2. The second kappa shape index (κ2) is 11.6. The monoisotopic (exact) mass is 618 g/mol. The van der Waals surface area contributed by atoms with Crippen molar-refractivity contribution < 1.29 is 18.3 Å².